The molecule has 5 nitrogen and oxygen atoms in total. The van der Waals surface area contributed by atoms with Gasteiger partial charge in [0.05, 0.1) is 12.5 Å². The summed E-state index contributed by atoms with van der Waals surface area (Å²) in [5.41, 5.74) is 1.72. The molecule has 0 aliphatic heterocycles. The van der Waals surface area contributed by atoms with Gasteiger partial charge in [0.25, 0.3) is 0 Å². The molecule has 1 N–H and O–H groups in total. The Labute approximate surface area is 106 Å². The Bertz CT molecular complexity index is 510. The SMILES string of the molecule is CCCC(O)Cc1nc(-c2ncccc2C)no1. The lowest BCUT2D eigenvalue weighted by atomic mass is 10.1. The van der Waals surface area contributed by atoms with Crippen LogP contribution in [0.15, 0.2) is 22.9 Å². The lowest BCUT2D eigenvalue weighted by Crippen LogP contribution is -2.09. The highest BCUT2D eigenvalue weighted by Gasteiger charge is 2.14. The van der Waals surface area contributed by atoms with E-state index in [0.717, 1.165) is 24.1 Å². The Morgan fingerprint density at radius 3 is 3.00 bits per heavy atom. The summed E-state index contributed by atoms with van der Waals surface area (Å²) in [4.78, 5) is 8.49. The Balaban J connectivity index is 2.13. The second-order valence-corrected chi connectivity index (χ2v) is 4.33. The van der Waals surface area contributed by atoms with Gasteiger partial charge in [0.2, 0.25) is 11.7 Å². The molecule has 18 heavy (non-hydrogen) atoms. The van der Waals surface area contributed by atoms with Gasteiger partial charge in [-0.15, -0.1) is 0 Å². The molecule has 2 rings (SSSR count). The third-order valence-corrected chi connectivity index (χ3v) is 2.72. The number of rotatable bonds is 5. The number of hydrogen-bond donors (Lipinski definition) is 1. The highest BCUT2D eigenvalue weighted by atomic mass is 16.5. The first-order chi connectivity index (χ1) is 8.70. The Hall–Kier alpha value is -1.75. The van der Waals surface area contributed by atoms with Crippen molar-refractivity contribution in [2.45, 2.75) is 39.2 Å². The molecule has 0 aromatic carbocycles. The van der Waals surface area contributed by atoms with E-state index in [1.807, 2.05) is 26.0 Å². The smallest absolute Gasteiger partial charge is 0.229 e. The van der Waals surface area contributed by atoms with Crippen molar-refractivity contribution in [2.24, 2.45) is 0 Å². The fourth-order valence-corrected chi connectivity index (χ4v) is 1.79. The number of aliphatic hydroxyl groups excluding tert-OH is 1. The molecule has 96 valence electrons. The Morgan fingerprint density at radius 1 is 1.44 bits per heavy atom. The van der Waals surface area contributed by atoms with Gasteiger partial charge in [-0.3, -0.25) is 4.98 Å². The molecule has 0 aliphatic rings. The minimum atomic E-state index is -0.423. The maximum atomic E-state index is 9.69. The van der Waals surface area contributed by atoms with Crippen molar-refractivity contribution in [1.82, 2.24) is 15.1 Å². The topological polar surface area (TPSA) is 72.0 Å². The first-order valence-electron chi connectivity index (χ1n) is 6.13. The van der Waals surface area contributed by atoms with E-state index in [1.54, 1.807) is 6.20 Å². The maximum absolute atomic E-state index is 9.69. The fraction of sp³-hybridized carbons (Fsp3) is 0.462. The van der Waals surface area contributed by atoms with Gasteiger partial charge >= 0.3 is 0 Å². The Kier molecular flexibility index (Phi) is 4.04. The summed E-state index contributed by atoms with van der Waals surface area (Å²) in [5.74, 6) is 0.933. The van der Waals surface area contributed by atoms with Gasteiger partial charge in [-0.25, -0.2) is 0 Å². The molecule has 1 unspecified atom stereocenters. The van der Waals surface area contributed by atoms with Gasteiger partial charge in [0.15, 0.2) is 0 Å². The summed E-state index contributed by atoms with van der Waals surface area (Å²) in [6.45, 7) is 3.98. The molecule has 0 saturated carbocycles. The first kappa shape index (κ1) is 12.7. The molecule has 5 heteroatoms. The van der Waals surface area contributed by atoms with Gasteiger partial charge in [-0.05, 0) is 25.0 Å². The van der Waals surface area contributed by atoms with Crippen molar-refractivity contribution in [2.75, 3.05) is 0 Å². The van der Waals surface area contributed by atoms with E-state index in [2.05, 4.69) is 15.1 Å². The molecule has 0 fully saturated rings. The van der Waals surface area contributed by atoms with Crippen molar-refractivity contribution in [3.8, 4) is 11.5 Å². The normalized spacial score (nSPS) is 12.6. The summed E-state index contributed by atoms with van der Waals surface area (Å²) in [5, 5.41) is 13.6. The average Bonchev–Trinajstić information content (AvgIpc) is 2.78. The van der Waals surface area contributed by atoms with Crippen molar-refractivity contribution in [1.29, 1.82) is 0 Å². The number of nitrogens with zero attached hydrogens (tertiary/aromatic N) is 3. The summed E-state index contributed by atoms with van der Waals surface area (Å²) < 4.78 is 5.13. The number of aryl methyl sites for hydroxylation is 1. The van der Waals surface area contributed by atoms with Crippen molar-refractivity contribution in [3.63, 3.8) is 0 Å². The minimum absolute atomic E-state index is 0.396. The predicted octanol–water partition coefficient (Wildman–Crippen LogP) is 2.14. The van der Waals surface area contributed by atoms with Crippen LogP contribution in [0, 0.1) is 6.92 Å². The largest absolute Gasteiger partial charge is 0.393 e. The molecule has 0 saturated heterocycles. The molecule has 0 bridgehead atoms. The van der Waals surface area contributed by atoms with Gasteiger partial charge in [-0.1, -0.05) is 24.6 Å². The molecule has 1 atom stereocenters. The minimum Gasteiger partial charge on any atom is -0.393 e. The van der Waals surface area contributed by atoms with Crippen LogP contribution in [0.3, 0.4) is 0 Å². The van der Waals surface area contributed by atoms with E-state index < -0.39 is 6.10 Å². The predicted molar refractivity (Wildman–Crippen MR) is 66.9 cm³/mol. The van der Waals surface area contributed by atoms with Gasteiger partial charge < -0.3 is 9.63 Å². The number of aromatic nitrogens is 3. The fourth-order valence-electron chi connectivity index (χ4n) is 1.79. The van der Waals surface area contributed by atoms with Crippen LogP contribution in [0.4, 0.5) is 0 Å². The van der Waals surface area contributed by atoms with Gasteiger partial charge in [0, 0.05) is 6.20 Å². The second kappa shape index (κ2) is 5.73. The van der Waals surface area contributed by atoms with E-state index in [1.165, 1.54) is 0 Å². The highest BCUT2D eigenvalue weighted by Crippen LogP contribution is 2.17. The molecule has 2 aromatic heterocycles. The zero-order chi connectivity index (χ0) is 13.0. The van der Waals surface area contributed by atoms with Gasteiger partial charge in [0.1, 0.15) is 5.69 Å². The third kappa shape index (κ3) is 2.92. The summed E-state index contributed by atoms with van der Waals surface area (Å²) in [6.07, 6.45) is 3.34. The van der Waals surface area contributed by atoms with E-state index in [4.69, 9.17) is 4.52 Å². The van der Waals surface area contributed by atoms with Crippen molar-refractivity contribution >= 4 is 0 Å². The molecule has 2 aromatic rings. The number of aliphatic hydroxyl groups is 1. The van der Waals surface area contributed by atoms with Crippen molar-refractivity contribution < 1.29 is 9.63 Å². The summed E-state index contributed by atoms with van der Waals surface area (Å²) >= 11 is 0. The average molecular weight is 247 g/mol. The number of pyridine rings is 1. The quantitative estimate of drug-likeness (QED) is 0.876. The van der Waals surface area contributed by atoms with E-state index >= 15 is 0 Å². The van der Waals surface area contributed by atoms with Gasteiger partial charge in [-0.2, -0.15) is 4.98 Å². The molecule has 0 aliphatic carbocycles. The van der Waals surface area contributed by atoms with Crippen LogP contribution in [0.1, 0.15) is 31.2 Å². The molecule has 2 heterocycles. The third-order valence-electron chi connectivity index (χ3n) is 2.72. The van der Waals surface area contributed by atoms with Crippen LogP contribution in [-0.4, -0.2) is 26.3 Å². The lowest BCUT2D eigenvalue weighted by Gasteiger charge is -2.03. The van der Waals surface area contributed by atoms with E-state index in [9.17, 15) is 5.11 Å². The van der Waals surface area contributed by atoms with Crippen LogP contribution in [0.5, 0.6) is 0 Å². The molecule has 0 spiro atoms. The van der Waals surface area contributed by atoms with Crippen LogP contribution in [0.2, 0.25) is 0 Å². The van der Waals surface area contributed by atoms with E-state index in [0.29, 0.717) is 18.1 Å². The van der Waals surface area contributed by atoms with Crippen LogP contribution in [-0.2, 0) is 6.42 Å². The number of hydrogen-bond acceptors (Lipinski definition) is 5. The second-order valence-electron chi connectivity index (χ2n) is 4.33. The summed E-state index contributed by atoms with van der Waals surface area (Å²) in [7, 11) is 0. The van der Waals surface area contributed by atoms with Crippen LogP contribution >= 0.6 is 0 Å². The van der Waals surface area contributed by atoms with Crippen molar-refractivity contribution in [3.05, 3.63) is 29.8 Å². The molecular weight excluding hydrogens is 230 g/mol. The zero-order valence-electron chi connectivity index (χ0n) is 10.6. The molecule has 0 radical (unpaired) electrons. The Morgan fingerprint density at radius 2 is 2.28 bits per heavy atom. The zero-order valence-corrected chi connectivity index (χ0v) is 10.6. The van der Waals surface area contributed by atoms with Crippen LogP contribution < -0.4 is 0 Å². The first-order valence-corrected chi connectivity index (χ1v) is 6.13. The lowest BCUT2D eigenvalue weighted by molar-refractivity contribution is 0.152. The standard InChI is InChI=1S/C13H17N3O2/c1-3-5-10(17)8-11-15-13(16-18-11)12-9(2)6-4-7-14-12/h4,6-7,10,17H,3,5,8H2,1-2H3. The van der Waals surface area contributed by atoms with E-state index in [-0.39, 0.29) is 0 Å². The highest BCUT2D eigenvalue weighted by molar-refractivity contribution is 5.53. The molecular formula is C13H17N3O2. The summed E-state index contributed by atoms with van der Waals surface area (Å²) in [6, 6.07) is 3.81. The maximum Gasteiger partial charge on any atom is 0.229 e. The molecule has 0 amide bonds. The monoisotopic (exact) mass is 247 g/mol. The van der Waals surface area contributed by atoms with Crippen LogP contribution in [0.25, 0.3) is 11.5 Å².